The summed E-state index contributed by atoms with van der Waals surface area (Å²) < 4.78 is 12.2. The lowest BCUT2D eigenvalue weighted by Crippen LogP contribution is -2.33. The highest BCUT2D eigenvalue weighted by Crippen LogP contribution is 2.24. The topological polar surface area (TPSA) is 94.6 Å². The molecule has 1 atom stereocenters. The van der Waals surface area contributed by atoms with Crippen molar-refractivity contribution in [1.29, 1.82) is 0 Å². The van der Waals surface area contributed by atoms with Crippen molar-refractivity contribution < 1.29 is 18.7 Å². The quantitative estimate of drug-likeness (QED) is 0.474. The maximum absolute atomic E-state index is 12.8. The normalized spacial score (nSPS) is 12.1. The molecule has 1 amide bonds. The lowest BCUT2D eigenvalue weighted by atomic mass is 10.1. The molecule has 0 saturated carbocycles. The van der Waals surface area contributed by atoms with Gasteiger partial charge in [0.25, 0.3) is 11.5 Å². The highest BCUT2D eigenvalue weighted by Gasteiger charge is 2.27. The second kappa shape index (κ2) is 7.82. The Morgan fingerprint density at radius 1 is 1.10 bits per heavy atom. The molecule has 0 spiro atoms. The van der Waals surface area contributed by atoms with E-state index in [-0.39, 0.29) is 11.5 Å². The number of carbonyl (C=O) groups excluding carboxylic acids is 2. The Bertz CT molecular complexity index is 1290. The molecule has 0 bridgehead atoms. The van der Waals surface area contributed by atoms with Gasteiger partial charge in [-0.1, -0.05) is 42.5 Å². The molecule has 152 valence electrons. The minimum Gasteiger partial charge on any atom is -0.448 e. The average molecular weight is 405 g/mol. The standard InChI is InChI=1S/C22H19N3O5/c1-24(2)21(27)19(14-8-4-3-5-9-14)30-17(26)12-25-13-23-18-15-10-6-7-11-16(15)29-20(18)22(25)28/h3-11,13,19H,12H2,1-2H3. The van der Waals surface area contributed by atoms with Crippen molar-refractivity contribution in [3.05, 3.63) is 76.8 Å². The van der Waals surface area contributed by atoms with Crippen molar-refractivity contribution in [1.82, 2.24) is 14.5 Å². The third-order valence-electron chi connectivity index (χ3n) is 4.67. The third kappa shape index (κ3) is 3.55. The van der Waals surface area contributed by atoms with Gasteiger partial charge in [-0.05, 0) is 12.1 Å². The molecule has 0 radical (unpaired) electrons. The van der Waals surface area contributed by atoms with E-state index < -0.39 is 24.2 Å². The summed E-state index contributed by atoms with van der Waals surface area (Å²) in [5.74, 6) is -1.12. The fourth-order valence-corrected chi connectivity index (χ4v) is 3.16. The molecule has 2 aromatic heterocycles. The molecule has 1 unspecified atom stereocenters. The Hall–Kier alpha value is -3.94. The van der Waals surface area contributed by atoms with Gasteiger partial charge >= 0.3 is 5.97 Å². The van der Waals surface area contributed by atoms with Gasteiger partial charge in [0.15, 0.2) is 0 Å². The van der Waals surface area contributed by atoms with Crippen molar-refractivity contribution >= 4 is 33.9 Å². The summed E-state index contributed by atoms with van der Waals surface area (Å²) in [5, 5.41) is 0.722. The second-order valence-electron chi connectivity index (χ2n) is 6.97. The van der Waals surface area contributed by atoms with Gasteiger partial charge in [0, 0.05) is 25.0 Å². The number of rotatable bonds is 5. The third-order valence-corrected chi connectivity index (χ3v) is 4.67. The van der Waals surface area contributed by atoms with Crippen LogP contribution < -0.4 is 5.56 Å². The SMILES string of the molecule is CN(C)C(=O)C(OC(=O)Cn1cnc2c(oc3ccccc32)c1=O)c1ccccc1. The number of aromatic nitrogens is 2. The Morgan fingerprint density at radius 2 is 1.80 bits per heavy atom. The average Bonchev–Trinajstić information content (AvgIpc) is 3.13. The molecule has 8 heteroatoms. The van der Waals surface area contributed by atoms with E-state index in [2.05, 4.69) is 4.98 Å². The minimum absolute atomic E-state index is 0.0653. The lowest BCUT2D eigenvalue weighted by Gasteiger charge is -2.21. The summed E-state index contributed by atoms with van der Waals surface area (Å²) >= 11 is 0. The van der Waals surface area contributed by atoms with E-state index in [1.54, 1.807) is 56.6 Å². The summed E-state index contributed by atoms with van der Waals surface area (Å²) in [4.78, 5) is 43.5. The zero-order valence-corrected chi connectivity index (χ0v) is 16.4. The van der Waals surface area contributed by atoms with Crippen molar-refractivity contribution in [2.45, 2.75) is 12.6 Å². The van der Waals surface area contributed by atoms with Crippen LogP contribution in [0.4, 0.5) is 0 Å². The van der Waals surface area contributed by atoms with Crippen LogP contribution in [0.15, 0.2) is 70.1 Å². The number of ether oxygens (including phenoxy) is 1. The van der Waals surface area contributed by atoms with Crippen LogP contribution in [0, 0.1) is 0 Å². The highest BCUT2D eigenvalue weighted by atomic mass is 16.5. The van der Waals surface area contributed by atoms with Crippen molar-refractivity contribution in [2.24, 2.45) is 0 Å². The molecule has 0 aliphatic rings. The number of likely N-dealkylation sites (N-methyl/N-ethyl adjacent to an activating group) is 1. The van der Waals surface area contributed by atoms with Gasteiger partial charge in [0.05, 0.1) is 6.33 Å². The molecule has 30 heavy (non-hydrogen) atoms. The monoisotopic (exact) mass is 405 g/mol. The van der Waals surface area contributed by atoms with E-state index in [0.717, 1.165) is 9.95 Å². The number of hydrogen-bond acceptors (Lipinski definition) is 6. The number of hydrogen-bond donors (Lipinski definition) is 0. The predicted octanol–water partition coefficient (Wildman–Crippen LogP) is 2.52. The second-order valence-corrected chi connectivity index (χ2v) is 6.97. The van der Waals surface area contributed by atoms with Crippen LogP contribution in [0.3, 0.4) is 0 Å². The summed E-state index contributed by atoms with van der Waals surface area (Å²) in [7, 11) is 3.16. The van der Waals surface area contributed by atoms with Crippen LogP contribution in [0.1, 0.15) is 11.7 Å². The zero-order valence-electron chi connectivity index (χ0n) is 16.4. The van der Waals surface area contributed by atoms with Crippen molar-refractivity contribution in [2.75, 3.05) is 14.1 Å². The molecule has 0 aliphatic carbocycles. The minimum atomic E-state index is -1.10. The molecule has 0 fully saturated rings. The molecule has 2 aromatic carbocycles. The van der Waals surface area contributed by atoms with E-state index in [1.165, 1.54) is 11.2 Å². The first kappa shape index (κ1) is 19.4. The van der Waals surface area contributed by atoms with E-state index in [9.17, 15) is 14.4 Å². The van der Waals surface area contributed by atoms with Crippen LogP contribution in [-0.4, -0.2) is 40.4 Å². The van der Waals surface area contributed by atoms with Crippen LogP contribution in [0.25, 0.3) is 22.1 Å². The number of furan rings is 1. The Morgan fingerprint density at radius 3 is 2.53 bits per heavy atom. The van der Waals surface area contributed by atoms with Gasteiger partial charge in [0.1, 0.15) is 17.6 Å². The Balaban J connectivity index is 1.62. The van der Waals surface area contributed by atoms with Gasteiger partial charge in [-0.2, -0.15) is 0 Å². The van der Waals surface area contributed by atoms with Crippen LogP contribution in [-0.2, 0) is 20.9 Å². The molecule has 0 aliphatic heterocycles. The molecule has 0 saturated heterocycles. The first-order valence-corrected chi connectivity index (χ1v) is 9.28. The number of fused-ring (bicyclic) bond motifs is 3. The van der Waals surface area contributed by atoms with Gasteiger partial charge in [0.2, 0.25) is 11.7 Å². The first-order chi connectivity index (χ1) is 14.5. The van der Waals surface area contributed by atoms with Gasteiger partial charge in [-0.25, -0.2) is 4.98 Å². The molecule has 2 heterocycles. The molecule has 4 aromatic rings. The Kier molecular flexibility index (Phi) is 5.05. The van der Waals surface area contributed by atoms with Crippen molar-refractivity contribution in [3.63, 3.8) is 0 Å². The summed E-state index contributed by atoms with van der Waals surface area (Å²) in [5.41, 5.74) is 1.09. The summed E-state index contributed by atoms with van der Waals surface area (Å²) in [6, 6.07) is 15.9. The smallest absolute Gasteiger partial charge is 0.327 e. The van der Waals surface area contributed by atoms with Gasteiger partial charge in [-0.15, -0.1) is 0 Å². The number of carbonyl (C=O) groups is 2. The van der Waals surface area contributed by atoms with Crippen molar-refractivity contribution in [3.8, 4) is 0 Å². The Labute approximate surface area is 171 Å². The number of esters is 1. The molecular weight excluding hydrogens is 386 g/mol. The van der Waals surface area contributed by atoms with Crippen LogP contribution in [0.5, 0.6) is 0 Å². The summed E-state index contributed by atoms with van der Waals surface area (Å²) in [6.07, 6.45) is 0.173. The predicted molar refractivity (Wildman–Crippen MR) is 110 cm³/mol. The number of nitrogens with zero attached hydrogens (tertiary/aromatic N) is 3. The number of benzene rings is 2. The largest absolute Gasteiger partial charge is 0.448 e. The molecule has 0 N–H and O–H groups in total. The van der Waals surface area contributed by atoms with E-state index in [4.69, 9.17) is 9.15 Å². The van der Waals surface area contributed by atoms with Gasteiger partial charge < -0.3 is 14.1 Å². The first-order valence-electron chi connectivity index (χ1n) is 9.28. The van der Waals surface area contributed by atoms with Crippen LogP contribution >= 0.6 is 0 Å². The van der Waals surface area contributed by atoms with E-state index >= 15 is 0 Å². The maximum atomic E-state index is 12.8. The van der Waals surface area contributed by atoms with E-state index in [0.29, 0.717) is 16.7 Å². The fourth-order valence-electron chi connectivity index (χ4n) is 3.16. The maximum Gasteiger partial charge on any atom is 0.327 e. The fraction of sp³-hybridized carbons (Fsp3) is 0.182. The van der Waals surface area contributed by atoms with Gasteiger partial charge in [-0.3, -0.25) is 19.0 Å². The van der Waals surface area contributed by atoms with E-state index in [1.807, 2.05) is 12.1 Å². The molecular formula is C22H19N3O5. The summed E-state index contributed by atoms with van der Waals surface area (Å²) in [6.45, 7) is -0.400. The molecule has 8 nitrogen and oxygen atoms in total. The van der Waals surface area contributed by atoms with Crippen LogP contribution in [0.2, 0.25) is 0 Å². The lowest BCUT2D eigenvalue weighted by molar-refractivity contribution is -0.160. The number of para-hydroxylation sites is 1. The highest BCUT2D eigenvalue weighted by molar-refractivity contribution is 6.01. The molecule has 4 rings (SSSR count). The zero-order chi connectivity index (χ0) is 21.3. The number of amides is 1.